The lowest BCUT2D eigenvalue weighted by atomic mass is 10.1. The molecule has 1 aromatic rings. The first-order chi connectivity index (χ1) is 8.05. The van der Waals surface area contributed by atoms with Gasteiger partial charge in [-0.1, -0.05) is 6.92 Å². The Morgan fingerprint density at radius 3 is 3.00 bits per heavy atom. The molecule has 1 fully saturated rings. The highest BCUT2D eigenvalue weighted by atomic mass is 32.2. The van der Waals surface area contributed by atoms with Gasteiger partial charge in [0.05, 0.1) is 5.25 Å². The van der Waals surface area contributed by atoms with Crippen LogP contribution in [0, 0.1) is 0 Å². The van der Waals surface area contributed by atoms with Crippen LogP contribution in [0.15, 0.2) is 12.3 Å². The Balaban J connectivity index is 2.08. The summed E-state index contributed by atoms with van der Waals surface area (Å²) in [6.45, 7) is 4.88. The smallest absolute Gasteiger partial charge is 0.216 e. The average molecular weight is 257 g/mol. The van der Waals surface area contributed by atoms with Crippen molar-refractivity contribution < 1.29 is 8.42 Å². The highest BCUT2D eigenvalue weighted by Crippen LogP contribution is 2.28. The second-order valence-electron chi connectivity index (χ2n) is 4.62. The van der Waals surface area contributed by atoms with Gasteiger partial charge in [0.25, 0.3) is 0 Å². The molecule has 1 saturated heterocycles. The van der Waals surface area contributed by atoms with Crippen LogP contribution in [0.25, 0.3) is 0 Å². The summed E-state index contributed by atoms with van der Waals surface area (Å²) < 4.78 is 26.0. The van der Waals surface area contributed by atoms with Crippen LogP contribution in [0.4, 0.5) is 0 Å². The maximum atomic E-state index is 12.2. The summed E-state index contributed by atoms with van der Waals surface area (Å²) in [5, 5.41) is 6.55. The molecular weight excluding hydrogens is 238 g/mol. The van der Waals surface area contributed by atoms with Gasteiger partial charge in [-0.3, -0.25) is 5.10 Å². The minimum atomic E-state index is -3.11. The van der Waals surface area contributed by atoms with E-state index in [9.17, 15) is 8.42 Å². The van der Waals surface area contributed by atoms with E-state index in [2.05, 4.69) is 10.2 Å². The molecule has 6 heteroatoms. The fourth-order valence-corrected chi connectivity index (χ4v) is 3.85. The molecule has 0 aromatic carbocycles. The molecule has 1 aliphatic rings. The van der Waals surface area contributed by atoms with Crippen molar-refractivity contribution in [3.05, 3.63) is 18.0 Å². The molecule has 17 heavy (non-hydrogen) atoms. The zero-order valence-electron chi connectivity index (χ0n) is 10.3. The van der Waals surface area contributed by atoms with Crippen molar-refractivity contribution in [1.82, 2.24) is 14.5 Å². The Labute approximate surface area is 102 Å². The van der Waals surface area contributed by atoms with Gasteiger partial charge in [0.15, 0.2) is 0 Å². The number of rotatable bonds is 4. The first kappa shape index (κ1) is 12.6. The molecule has 0 bridgehead atoms. The van der Waals surface area contributed by atoms with Crippen molar-refractivity contribution in [2.24, 2.45) is 0 Å². The van der Waals surface area contributed by atoms with Crippen LogP contribution in [-0.4, -0.2) is 41.3 Å². The predicted octanol–water partition coefficient (Wildman–Crippen LogP) is 1.33. The van der Waals surface area contributed by atoms with E-state index < -0.39 is 10.0 Å². The van der Waals surface area contributed by atoms with Crippen LogP contribution in [0.5, 0.6) is 0 Å². The molecule has 2 atom stereocenters. The third-order valence-electron chi connectivity index (χ3n) is 3.56. The molecule has 0 aliphatic carbocycles. The van der Waals surface area contributed by atoms with Crippen LogP contribution >= 0.6 is 0 Å². The zero-order chi connectivity index (χ0) is 12.5. The maximum absolute atomic E-state index is 12.2. The molecule has 0 radical (unpaired) electrons. The van der Waals surface area contributed by atoms with Crippen molar-refractivity contribution in [2.45, 2.75) is 37.9 Å². The molecule has 0 amide bonds. The highest BCUT2D eigenvalue weighted by molar-refractivity contribution is 7.89. The Morgan fingerprint density at radius 1 is 1.65 bits per heavy atom. The van der Waals surface area contributed by atoms with Crippen molar-refractivity contribution in [3.8, 4) is 0 Å². The predicted molar refractivity (Wildman–Crippen MR) is 66.2 cm³/mol. The minimum Gasteiger partial charge on any atom is -0.282 e. The molecule has 1 aromatic heterocycles. The zero-order valence-corrected chi connectivity index (χ0v) is 11.1. The Hall–Kier alpha value is -0.880. The van der Waals surface area contributed by atoms with Gasteiger partial charge >= 0.3 is 0 Å². The molecule has 2 rings (SSSR count). The highest BCUT2D eigenvalue weighted by Gasteiger charge is 2.35. The topological polar surface area (TPSA) is 66.1 Å². The van der Waals surface area contributed by atoms with Crippen molar-refractivity contribution >= 4 is 10.0 Å². The number of nitrogens with zero attached hydrogens (tertiary/aromatic N) is 2. The second-order valence-corrected chi connectivity index (χ2v) is 6.97. The summed E-state index contributed by atoms with van der Waals surface area (Å²) in [6.07, 6.45) is 3.24. The molecule has 0 saturated carbocycles. The molecule has 1 aliphatic heterocycles. The molecule has 2 unspecified atom stereocenters. The molecule has 96 valence electrons. The first-order valence-corrected chi connectivity index (χ1v) is 7.54. The second kappa shape index (κ2) is 4.78. The van der Waals surface area contributed by atoms with Crippen molar-refractivity contribution in [2.75, 3.05) is 13.1 Å². The summed E-state index contributed by atoms with van der Waals surface area (Å²) in [6, 6.07) is 1.92. The number of nitrogens with one attached hydrogen (secondary N) is 1. The summed E-state index contributed by atoms with van der Waals surface area (Å²) in [7, 11) is -3.11. The fraction of sp³-hybridized carbons (Fsp3) is 0.727. The number of H-pyrrole nitrogens is 1. The molecular formula is C11H19N3O2S. The van der Waals surface area contributed by atoms with Gasteiger partial charge < -0.3 is 0 Å². The van der Waals surface area contributed by atoms with E-state index >= 15 is 0 Å². The van der Waals surface area contributed by atoms with E-state index in [1.165, 1.54) is 0 Å². The SMILES string of the molecule is CCC(C)S(=O)(=O)N1CCC(c2ccn[nH]2)C1. The Morgan fingerprint density at radius 2 is 2.41 bits per heavy atom. The van der Waals surface area contributed by atoms with Gasteiger partial charge in [0.1, 0.15) is 0 Å². The van der Waals surface area contributed by atoms with E-state index in [4.69, 9.17) is 0 Å². The molecule has 2 heterocycles. The van der Waals surface area contributed by atoms with Crippen LogP contribution in [0.2, 0.25) is 0 Å². The Kier molecular flexibility index (Phi) is 3.53. The lowest BCUT2D eigenvalue weighted by Crippen LogP contribution is -2.35. The molecule has 5 nitrogen and oxygen atoms in total. The number of sulfonamides is 1. The standard InChI is InChI=1S/C11H19N3O2S/c1-3-9(2)17(15,16)14-7-5-10(8-14)11-4-6-12-13-11/h4,6,9-10H,3,5,7-8H2,1-2H3,(H,12,13). The summed E-state index contributed by atoms with van der Waals surface area (Å²) in [5.41, 5.74) is 1.03. The van der Waals surface area contributed by atoms with Crippen molar-refractivity contribution in [1.29, 1.82) is 0 Å². The van der Waals surface area contributed by atoms with Gasteiger partial charge in [-0.25, -0.2) is 12.7 Å². The van der Waals surface area contributed by atoms with Crippen LogP contribution in [0.3, 0.4) is 0 Å². The third kappa shape index (κ3) is 2.37. The van der Waals surface area contributed by atoms with Gasteiger partial charge in [0.2, 0.25) is 10.0 Å². The van der Waals surface area contributed by atoms with Crippen LogP contribution in [0.1, 0.15) is 38.3 Å². The van der Waals surface area contributed by atoms with Crippen LogP contribution < -0.4 is 0 Å². The lowest BCUT2D eigenvalue weighted by molar-refractivity contribution is 0.461. The maximum Gasteiger partial charge on any atom is 0.216 e. The summed E-state index contributed by atoms with van der Waals surface area (Å²) >= 11 is 0. The van der Waals surface area contributed by atoms with Crippen LogP contribution in [-0.2, 0) is 10.0 Å². The van der Waals surface area contributed by atoms with Gasteiger partial charge in [0, 0.05) is 30.9 Å². The van der Waals surface area contributed by atoms with E-state index in [1.54, 1.807) is 17.4 Å². The largest absolute Gasteiger partial charge is 0.282 e. The average Bonchev–Trinajstić information content (AvgIpc) is 2.97. The lowest BCUT2D eigenvalue weighted by Gasteiger charge is -2.20. The summed E-state index contributed by atoms with van der Waals surface area (Å²) in [4.78, 5) is 0. The number of aromatic amines is 1. The quantitative estimate of drug-likeness (QED) is 0.885. The molecule has 1 N–H and O–H groups in total. The normalized spacial score (nSPS) is 24.0. The van der Waals surface area contributed by atoms with Crippen molar-refractivity contribution in [3.63, 3.8) is 0 Å². The van der Waals surface area contributed by atoms with Gasteiger partial charge in [-0.2, -0.15) is 5.10 Å². The number of hydrogen-bond acceptors (Lipinski definition) is 3. The molecule has 0 spiro atoms. The van der Waals surface area contributed by atoms with Gasteiger partial charge in [-0.05, 0) is 25.8 Å². The first-order valence-electron chi connectivity index (χ1n) is 6.04. The summed E-state index contributed by atoms with van der Waals surface area (Å²) in [5.74, 6) is 0.260. The number of hydrogen-bond donors (Lipinski definition) is 1. The van der Waals surface area contributed by atoms with E-state index in [0.717, 1.165) is 12.1 Å². The van der Waals surface area contributed by atoms with E-state index in [-0.39, 0.29) is 11.2 Å². The number of aromatic nitrogens is 2. The van der Waals surface area contributed by atoms with E-state index in [1.807, 2.05) is 13.0 Å². The van der Waals surface area contributed by atoms with Gasteiger partial charge in [-0.15, -0.1) is 0 Å². The Bertz CT molecular complexity index is 455. The minimum absolute atomic E-state index is 0.260. The van der Waals surface area contributed by atoms with E-state index in [0.29, 0.717) is 19.5 Å². The fourth-order valence-electron chi connectivity index (χ4n) is 2.17. The monoisotopic (exact) mass is 257 g/mol. The third-order valence-corrected chi connectivity index (χ3v) is 5.96.